The van der Waals surface area contributed by atoms with Crippen molar-refractivity contribution in [2.24, 2.45) is 10.9 Å². The van der Waals surface area contributed by atoms with Gasteiger partial charge in [0.2, 0.25) is 0 Å². The van der Waals surface area contributed by atoms with Crippen LogP contribution in [0.5, 0.6) is 0 Å². The van der Waals surface area contributed by atoms with E-state index in [9.17, 15) is 0 Å². The molecule has 0 saturated heterocycles. The molecule has 0 heterocycles. The molecule has 2 atom stereocenters. The van der Waals surface area contributed by atoms with Crippen molar-refractivity contribution in [1.82, 2.24) is 5.32 Å². The van der Waals surface area contributed by atoms with Crippen molar-refractivity contribution in [3.63, 3.8) is 0 Å². The minimum atomic E-state index is 0.319. The third-order valence-corrected chi connectivity index (χ3v) is 3.77. The first-order valence-electron chi connectivity index (χ1n) is 6.22. The van der Waals surface area contributed by atoms with Gasteiger partial charge in [-0.25, -0.2) is 0 Å². The van der Waals surface area contributed by atoms with Gasteiger partial charge in [0.05, 0.1) is 11.4 Å². The highest BCUT2D eigenvalue weighted by Crippen LogP contribution is 2.53. The molecule has 84 valence electrons. The summed E-state index contributed by atoms with van der Waals surface area (Å²) in [6.07, 6.45) is 12.1. The Balaban J connectivity index is 2.07. The lowest BCUT2D eigenvalue weighted by atomic mass is 10.0. The van der Waals surface area contributed by atoms with Crippen LogP contribution in [0.1, 0.15) is 45.4 Å². The molecule has 0 spiro atoms. The lowest BCUT2D eigenvalue weighted by Gasteiger charge is -2.15. The average molecular weight is 206 g/mol. The Hall–Kier alpha value is -0.790. The molecule has 0 aromatic rings. The van der Waals surface area contributed by atoms with Gasteiger partial charge in [0, 0.05) is 13.5 Å². The van der Waals surface area contributed by atoms with Gasteiger partial charge in [-0.3, -0.25) is 4.99 Å². The molecule has 1 N–H and O–H groups in total. The van der Waals surface area contributed by atoms with Crippen LogP contribution in [0.2, 0.25) is 0 Å². The molecular formula is C13H22N2. The highest BCUT2D eigenvalue weighted by atomic mass is 15.0. The monoisotopic (exact) mass is 206 g/mol. The van der Waals surface area contributed by atoms with E-state index in [0.29, 0.717) is 5.54 Å². The maximum Gasteiger partial charge on any atom is 0.0964 e. The second-order valence-electron chi connectivity index (χ2n) is 4.75. The van der Waals surface area contributed by atoms with E-state index in [1.165, 1.54) is 37.9 Å². The minimum Gasteiger partial charge on any atom is -0.377 e. The lowest BCUT2D eigenvalue weighted by molar-refractivity contribution is 0.525. The van der Waals surface area contributed by atoms with Gasteiger partial charge < -0.3 is 5.32 Å². The maximum atomic E-state index is 4.95. The van der Waals surface area contributed by atoms with Crippen molar-refractivity contribution < 1.29 is 0 Å². The fraction of sp³-hybridized carbons (Fsp3) is 0.769. The van der Waals surface area contributed by atoms with Gasteiger partial charge in [0.1, 0.15) is 0 Å². The van der Waals surface area contributed by atoms with Crippen LogP contribution in [-0.2, 0) is 0 Å². The first kappa shape index (κ1) is 10.7. The Labute approximate surface area is 92.9 Å². The summed E-state index contributed by atoms with van der Waals surface area (Å²) in [4.78, 5) is 4.95. The molecule has 0 aromatic carbocycles. The van der Waals surface area contributed by atoms with Gasteiger partial charge in [0.15, 0.2) is 0 Å². The SMILES string of the molecule is CC/C(=N\C12CC/C=C\CCC1C2)NC. The quantitative estimate of drug-likeness (QED) is 0.419. The molecule has 0 aromatic heterocycles. The highest BCUT2D eigenvalue weighted by molar-refractivity contribution is 5.82. The zero-order valence-electron chi connectivity index (χ0n) is 9.92. The first-order chi connectivity index (χ1) is 7.30. The predicted molar refractivity (Wildman–Crippen MR) is 65.2 cm³/mol. The molecule has 2 heteroatoms. The zero-order chi connectivity index (χ0) is 10.7. The molecule has 0 bridgehead atoms. The van der Waals surface area contributed by atoms with Crippen molar-refractivity contribution in [2.75, 3.05) is 7.05 Å². The summed E-state index contributed by atoms with van der Waals surface area (Å²) < 4.78 is 0. The Kier molecular flexibility index (Phi) is 3.13. The second kappa shape index (κ2) is 4.38. The summed E-state index contributed by atoms with van der Waals surface area (Å²) >= 11 is 0. The summed E-state index contributed by atoms with van der Waals surface area (Å²) in [7, 11) is 1.99. The molecule has 1 saturated carbocycles. The van der Waals surface area contributed by atoms with Crippen molar-refractivity contribution in [2.45, 2.75) is 51.0 Å². The number of hydrogen-bond acceptors (Lipinski definition) is 1. The minimum absolute atomic E-state index is 0.319. The van der Waals surface area contributed by atoms with Gasteiger partial charge in [-0.05, 0) is 38.0 Å². The maximum absolute atomic E-state index is 4.95. The predicted octanol–water partition coefficient (Wildman–Crippen LogP) is 2.90. The van der Waals surface area contributed by atoms with E-state index in [0.717, 1.165) is 12.3 Å². The van der Waals surface area contributed by atoms with Crippen LogP contribution >= 0.6 is 0 Å². The normalized spacial score (nSPS) is 37.5. The zero-order valence-corrected chi connectivity index (χ0v) is 9.92. The number of allylic oxidation sites excluding steroid dienone is 2. The van der Waals surface area contributed by atoms with Gasteiger partial charge in [-0.2, -0.15) is 0 Å². The summed E-state index contributed by atoms with van der Waals surface area (Å²) in [6.45, 7) is 2.17. The molecule has 0 radical (unpaired) electrons. The number of hydrogen-bond donors (Lipinski definition) is 1. The third-order valence-electron chi connectivity index (χ3n) is 3.77. The van der Waals surface area contributed by atoms with Crippen LogP contribution in [0.3, 0.4) is 0 Å². The number of amidine groups is 1. The summed E-state index contributed by atoms with van der Waals surface area (Å²) in [5.74, 6) is 2.04. The van der Waals surface area contributed by atoms with Crippen LogP contribution in [-0.4, -0.2) is 18.4 Å². The van der Waals surface area contributed by atoms with Crippen LogP contribution in [0.15, 0.2) is 17.1 Å². The molecule has 0 amide bonds. The number of rotatable bonds is 2. The third kappa shape index (κ3) is 2.24. The summed E-state index contributed by atoms with van der Waals surface area (Å²) in [5, 5.41) is 3.22. The molecule has 0 aliphatic heterocycles. The standard InChI is InChI=1S/C13H22N2/c1-3-12(14-2)15-13-9-7-5-4-6-8-11(13)10-13/h4-5,11H,3,6-10H2,1-2H3,(H,14,15)/b5-4-. The van der Waals surface area contributed by atoms with E-state index >= 15 is 0 Å². The van der Waals surface area contributed by atoms with Gasteiger partial charge >= 0.3 is 0 Å². The molecule has 15 heavy (non-hydrogen) atoms. The molecule has 2 unspecified atom stereocenters. The Morgan fingerprint density at radius 2 is 2.27 bits per heavy atom. The molecule has 2 rings (SSSR count). The first-order valence-corrected chi connectivity index (χ1v) is 6.22. The highest BCUT2D eigenvalue weighted by Gasteiger charge is 2.53. The number of nitrogens with one attached hydrogen (secondary N) is 1. The number of aliphatic imine (C=N–C) groups is 1. The number of nitrogens with zero attached hydrogens (tertiary/aromatic N) is 1. The molecular weight excluding hydrogens is 184 g/mol. The van der Waals surface area contributed by atoms with Crippen molar-refractivity contribution in [1.29, 1.82) is 0 Å². The van der Waals surface area contributed by atoms with Crippen LogP contribution in [0, 0.1) is 5.92 Å². The van der Waals surface area contributed by atoms with E-state index in [4.69, 9.17) is 4.99 Å². The molecule has 2 aliphatic carbocycles. The van der Waals surface area contributed by atoms with Crippen molar-refractivity contribution >= 4 is 5.84 Å². The fourth-order valence-electron chi connectivity index (χ4n) is 2.68. The van der Waals surface area contributed by atoms with Crippen molar-refractivity contribution in [3.05, 3.63) is 12.2 Å². The van der Waals surface area contributed by atoms with E-state index in [1.54, 1.807) is 0 Å². The van der Waals surface area contributed by atoms with E-state index in [2.05, 4.69) is 24.4 Å². The fourth-order valence-corrected chi connectivity index (χ4v) is 2.68. The van der Waals surface area contributed by atoms with E-state index in [-0.39, 0.29) is 0 Å². The topological polar surface area (TPSA) is 24.4 Å². The Bertz CT molecular complexity index is 274. The largest absolute Gasteiger partial charge is 0.377 e. The average Bonchev–Trinajstić information content (AvgIpc) is 2.88. The van der Waals surface area contributed by atoms with Gasteiger partial charge in [-0.15, -0.1) is 0 Å². The summed E-state index contributed by atoms with van der Waals surface area (Å²) in [5.41, 5.74) is 0.319. The van der Waals surface area contributed by atoms with Crippen LogP contribution in [0.4, 0.5) is 0 Å². The van der Waals surface area contributed by atoms with Gasteiger partial charge in [-0.1, -0.05) is 19.1 Å². The molecule has 1 fully saturated rings. The van der Waals surface area contributed by atoms with Gasteiger partial charge in [0.25, 0.3) is 0 Å². The summed E-state index contributed by atoms with van der Waals surface area (Å²) in [6, 6.07) is 0. The second-order valence-corrected chi connectivity index (χ2v) is 4.75. The smallest absolute Gasteiger partial charge is 0.0964 e. The van der Waals surface area contributed by atoms with E-state index in [1.807, 2.05) is 7.05 Å². The van der Waals surface area contributed by atoms with E-state index < -0.39 is 0 Å². The van der Waals surface area contributed by atoms with Crippen molar-refractivity contribution in [3.8, 4) is 0 Å². The van der Waals surface area contributed by atoms with Crippen LogP contribution in [0.25, 0.3) is 0 Å². The molecule has 2 nitrogen and oxygen atoms in total. The lowest BCUT2D eigenvalue weighted by Crippen LogP contribution is -2.22. The Morgan fingerprint density at radius 1 is 1.47 bits per heavy atom. The number of fused-ring (bicyclic) bond motifs is 1. The van der Waals surface area contributed by atoms with Crippen LogP contribution < -0.4 is 5.32 Å². The Morgan fingerprint density at radius 3 is 3.00 bits per heavy atom. The molecule has 2 aliphatic rings.